The molecule has 2 nitrogen and oxygen atoms in total. The number of hydrogen-bond donors (Lipinski definition) is 0. The summed E-state index contributed by atoms with van der Waals surface area (Å²) >= 11 is 5.47. The fourth-order valence-corrected chi connectivity index (χ4v) is 1.31. The van der Waals surface area contributed by atoms with Crippen molar-refractivity contribution in [2.24, 2.45) is 0 Å². The largest absolute Gasteiger partial charge is 0.466 e. The van der Waals surface area contributed by atoms with Gasteiger partial charge in [-0.1, -0.05) is 30.3 Å². The van der Waals surface area contributed by atoms with Crippen molar-refractivity contribution in [1.82, 2.24) is 0 Å². The van der Waals surface area contributed by atoms with Gasteiger partial charge in [0.2, 0.25) is 0 Å². The summed E-state index contributed by atoms with van der Waals surface area (Å²) in [5.41, 5.74) is 1.16. The first-order valence-electron chi connectivity index (χ1n) is 5.08. The molecular weight excluding hydrogens is 212 g/mol. The Hall–Kier alpha value is -1.02. The number of aryl methyl sites for hydroxylation is 1. The van der Waals surface area contributed by atoms with Crippen molar-refractivity contribution in [3.63, 3.8) is 0 Å². The summed E-state index contributed by atoms with van der Waals surface area (Å²) in [6.45, 7) is 0.428. The third-order valence-electron chi connectivity index (χ3n) is 2.00. The van der Waals surface area contributed by atoms with Crippen LogP contribution in [-0.2, 0) is 16.0 Å². The molecule has 0 unspecified atom stereocenters. The normalized spacial score (nSPS) is 9.93. The number of carbonyl (C=O) groups is 1. The fraction of sp³-hybridized carbons (Fsp3) is 0.417. The molecule has 0 aliphatic rings. The smallest absolute Gasteiger partial charge is 0.306 e. The number of hydrogen-bond acceptors (Lipinski definition) is 2. The Bertz CT molecular complexity index is 285. The highest BCUT2D eigenvalue weighted by Gasteiger charge is 2.02. The van der Waals surface area contributed by atoms with E-state index >= 15 is 0 Å². The second-order valence-corrected chi connectivity index (χ2v) is 3.63. The zero-order chi connectivity index (χ0) is 10.9. The predicted molar refractivity (Wildman–Crippen MR) is 61.1 cm³/mol. The maximum absolute atomic E-state index is 11.2. The van der Waals surface area contributed by atoms with Crippen LogP contribution in [0.3, 0.4) is 0 Å². The molecule has 1 aromatic carbocycles. The molecule has 0 aliphatic carbocycles. The molecule has 82 valence electrons. The van der Waals surface area contributed by atoms with E-state index in [-0.39, 0.29) is 5.97 Å². The summed E-state index contributed by atoms with van der Waals surface area (Å²) in [5, 5.41) is 0. The number of alkyl halides is 1. The molecule has 0 saturated heterocycles. The zero-order valence-corrected chi connectivity index (χ0v) is 9.37. The van der Waals surface area contributed by atoms with Gasteiger partial charge in [0.1, 0.15) is 0 Å². The molecule has 0 N–H and O–H groups in total. The molecule has 0 aliphatic heterocycles. The molecular formula is C12H15ClO2. The van der Waals surface area contributed by atoms with Gasteiger partial charge in [-0.05, 0) is 18.4 Å². The fourth-order valence-electron chi connectivity index (χ4n) is 1.20. The van der Waals surface area contributed by atoms with Gasteiger partial charge in [-0.3, -0.25) is 4.79 Å². The van der Waals surface area contributed by atoms with E-state index < -0.39 is 0 Å². The number of carbonyl (C=O) groups excluding carboxylic acids is 1. The molecule has 0 bridgehead atoms. The van der Waals surface area contributed by atoms with Crippen LogP contribution in [0.4, 0.5) is 0 Å². The van der Waals surface area contributed by atoms with Gasteiger partial charge in [0.05, 0.1) is 6.61 Å². The second-order valence-electron chi connectivity index (χ2n) is 3.25. The molecule has 0 fully saturated rings. The molecule has 1 rings (SSSR count). The Balaban J connectivity index is 2.17. The van der Waals surface area contributed by atoms with Gasteiger partial charge in [0, 0.05) is 12.3 Å². The van der Waals surface area contributed by atoms with Gasteiger partial charge in [0.15, 0.2) is 0 Å². The van der Waals surface area contributed by atoms with Gasteiger partial charge in [0.25, 0.3) is 0 Å². The van der Waals surface area contributed by atoms with Crippen LogP contribution in [0, 0.1) is 0 Å². The summed E-state index contributed by atoms with van der Waals surface area (Å²) in [6, 6.07) is 9.91. The highest BCUT2D eigenvalue weighted by atomic mass is 35.5. The predicted octanol–water partition coefficient (Wildman–Crippen LogP) is 2.79. The minimum Gasteiger partial charge on any atom is -0.466 e. The van der Waals surface area contributed by atoms with E-state index in [0.717, 1.165) is 18.4 Å². The van der Waals surface area contributed by atoms with Crippen LogP contribution in [-0.4, -0.2) is 18.5 Å². The van der Waals surface area contributed by atoms with Crippen LogP contribution in [0.2, 0.25) is 0 Å². The van der Waals surface area contributed by atoms with Crippen molar-refractivity contribution in [3.05, 3.63) is 35.9 Å². The van der Waals surface area contributed by atoms with Gasteiger partial charge in [-0.25, -0.2) is 0 Å². The van der Waals surface area contributed by atoms with Crippen LogP contribution in [0.1, 0.15) is 18.4 Å². The molecule has 0 saturated carbocycles. The highest BCUT2D eigenvalue weighted by molar-refractivity contribution is 6.17. The third-order valence-corrected chi connectivity index (χ3v) is 2.27. The third kappa shape index (κ3) is 5.43. The SMILES string of the molecule is O=C(CCc1ccccc1)OCCCCl. The molecule has 0 heterocycles. The first-order valence-corrected chi connectivity index (χ1v) is 5.62. The minimum atomic E-state index is -0.149. The number of esters is 1. The molecule has 0 amide bonds. The van der Waals surface area contributed by atoms with E-state index in [4.69, 9.17) is 16.3 Å². The Morgan fingerprint density at radius 2 is 2.00 bits per heavy atom. The van der Waals surface area contributed by atoms with E-state index in [2.05, 4.69) is 0 Å². The Labute approximate surface area is 95.2 Å². The van der Waals surface area contributed by atoms with E-state index in [1.807, 2.05) is 30.3 Å². The van der Waals surface area contributed by atoms with E-state index in [1.54, 1.807) is 0 Å². The van der Waals surface area contributed by atoms with Crippen molar-refractivity contribution in [3.8, 4) is 0 Å². The highest BCUT2D eigenvalue weighted by Crippen LogP contribution is 2.03. The van der Waals surface area contributed by atoms with Crippen molar-refractivity contribution in [1.29, 1.82) is 0 Å². The molecule has 1 aromatic rings. The molecule has 0 spiro atoms. The lowest BCUT2D eigenvalue weighted by molar-refractivity contribution is -0.143. The summed E-state index contributed by atoms with van der Waals surface area (Å²) in [7, 11) is 0. The van der Waals surface area contributed by atoms with Crippen LogP contribution in [0.25, 0.3) is 0 Å². The molecule has 3 heteroatoms. The van der Waals surface area contributed by atoms with Gasteiger partial charge in [-0.2, -0.15) is 0 Å². The first-order chi connectivity index (χ1) is 7.33. The summed E-state index contributed by atoms with van der Waals surface area (Å²) < 4.78 is 4.98. The van der Waals surface area contributed by atoms with E-state index in [0.29, 0.717) is 18.9 Å². The van der Waals surface area contributed by atoms with Gasteiger partial charge < -0.3 is 4.74 Å². The number of halogens is 1. The van der Waals surface area contributed by atoms with E-state index in [9.17, 15) is 4.79 Å². The number of rotatable bonds is 6. The van der Waals surface area contributed by atoms with Crippen LogP contribution < -0.4 is 0 Å². The number of benzene rings is 1. The maximum Gasteiger partial charge on any atom is 0.306 e. The topological polar surface area (TPSA) is 26.3 Å². The van der Waals surface area contributed by atoms with Crippen LogP contribution in [0.5, 0.6) is 0 Å². The van der Waals surface area contributed by atoms with Crippen molar-refractivity contribution in [2.45, 2.75) is 19.3 Å². The van der Waals surface area contributed by atoms with Gasteiger partial charge in [-0.15, -0.1) is 11.6 Å². The van der Waals surface area contributed by atoms with Crippen molar-refractivity contribution in [2.75, 3.05) is 12.5 Å². The molecule has 0 radical (unpaired) electrons. The quantitative estimate of drug-likeness (QED) is 0.424. The average molecular weight is 227 g/mol. The van der Waals surface area contributed by atoms with Crippen LogP contribution in [0.15, 0.2) is 30.3 Å². The lowest BCUT2D eigenvalue weighted by Gasteiger charge is -2.03. The lowest BCUT2D eigenvalue weighted by atomic mass is 10.1. The monoisotopic (exact) mass is 226 g/mol. The summed E-state index contributed by atoms with van der Waals surface area (Å²) in [4.78, 5) is 11.2. The van der Waals surface area contributed by atoms with Crippen LogP contribution >= 0.6 is 11.6 Å². The van der Waals surface area contributed by atoms with E-state index in [1.165, 1.54) is 0 Å². The minimum absolute atomic E-state index is 0.149. The summed E-state index contributed by atoms with van der Waals surface area (Å²) in [5.74, 6) is 0.385. The van der Waals surface area contributed by atoms with Gasteiger partial charge >= 0.3 is 5.97 Å². The standard InChI is InChI=1S/C12H15ClO2/c13-9-4-10-15-12(14)8-7-11-5-2-1-3-6-11/h1-3,5-6H,4,7-10H2. The summed E-state index contributed by atoms with van der Waals surface area (Å²) in [6.07, 6.45) is 1.89. The Morgan fingerprint density at radius 3 is 2.67 bits per heavy atom. The zero-order valence-electron chi connectivity index (χ0n) is 8.62. The van der Waals surface area contributed by atoms with Crippen molar-refractivity contribution < 1.29 is 9.53 Å². The molecule has 0 aromatic heterocycles. The Morgan fingerprint density at radius 1 is 1.27 bits per heavy atom. The molecule has 0 atom stereocenters. The Kier molecular flexibility index (Phi) is 5.86. The van der Waals surface area contributed by atoms with Crippen molar-refractivity contribution >= 4 is 17.6 Å². The molecule has 15 heavy (non-hydrogen) atoms. The average Bonchev–Trinajstić information content (AvgIpc) is 2.28. The number of ether oxygens (including phenoxy) is 1. The maximum atomic E-state index is 11.2. The first kappa shape index (κ1) is 12.1. The lowest BCUT2D eigenvalue weighted by Crippen LogP contribution is -2.07. The second kappa shape index (κ2) is 7.30.